The summed E-state index contributed by atoms with van der Waals surface area (Å²) in [5, 5.41) is 2.94. The molecule has 1 amide bonds. The van der Waals surface area contributed by atoms with Gasteiger partial charge in [-0.25, -0.2) is 14.3 Å². The number of benzene rings is 2. The molecule has 0 unspecified atom stereocenters. The van der Waals surface area contributed by atoms with E-state index in [2.05, 4.69) is 15.3 Å². The highest BCUT2D eigenvalue weighted by atomic mass is 16.2. The lowest BCUT2D eigenvalue weighted by Crippen LogP contribution is -2.14. The molecule has 0 bridgehead atoms. The van der Waals surface area contributed by atoms with Crippen molar-refractivity contribution < 1.29 is 4.79 Å². The third-order valence-corrected chi connectivity index (χ3v) is 5.14. The molecule has 30 heavy (non-hydrogen) atoms. The van der Waals surface area contributed by atoms with Gasteiger partial charge in [0.15, 0.2) is 5.65 Å². The van der Waals surface area contributed by atoms with Crippen LogP contribution in [0.1, 0.15) is 29.8 Å². The first-order valence-corrected chi connectivity index (χ1v) is 9.69. The molecular formula is C24H22N4O2. The summed E-state index contributed by atoms with van der Waals surface area (Å²) >= 11 is 0. The molecular weight excluding hydrogens is 376 g/mol. The topological polar surface area (TPSA) is 79.8 Å². The van der Waals surface area contributed by atoms with Crippen molar-refractivity contribution in [3.8, 4) is 11.1 Å². The molecule has 0 aliphatic heterocycles. The summed E-state index contributed by atoms with van der Waals surface area (Å²) in [5.74, 6) is -0.165. The second-order valence-electron chi connectivity index (χ2n) is 7.14. The van der Waals surface area contributed by atoms with Crippen LogP contribution in [0.4, 0.5) is 5.69 Å². The van der Waals surface area contributed by atoms with Crippen molar-refractivity contribution in [2.24, 2.45) is 0 Å². The molecule has 0 saturated carbocycles. The van der Waals surface area contributed by atoms with Crippen molar-refractivity contribution >= 4 is 28.5 Å². The maximum Gasteiger partial charge on any atom is 0.332 e. The zero-order chi connectivity index (χ0) is 21.3. The van der Waals surface area contributed by atoms with Gasteiger partial charge >= 0.3 is 5.69 Å². The lowest BCUT2D eigenvalue weighted by molar-refractivity contribution is 0.102. The number of aryl methyl sites for hydroxylation is 1. The number of hydrogen-bond acceptors (Lipinski definition) is 3. The first kappa shape index (κ1) is 19.4. The summed E-state index contributed by atoms with van der Waals surface area (Å²) < 4.78 is 1.56. The maximum atomic E-state index is 12.5. The van der Waals surface area contributed by atoms with Crippen LogP contribution in [-0.2, 0) is 0 Å². The van der Waals surface area contributed by atoms with Gasteiger partial charge in [-0.2, -0.15) is 0 Å². The minimum absolute atomic E-state index is 0.165. The fourth-order valence-electron chi connectivity index (χ4n) is 3.40. The quantitative estimate of drug-likeness (QED) is 0.517. The number of aromatic amines is 1. The molecule has 6 heteroatoms. The van der Waals surface area contributed by atoms with Gasteiger partial charge in [0, 0.05) is 28.7 Å². The Morgan fingerprint density at radius 1 is 1.13 bits per heavy atom. The number of rotatable bonds is 4. The number of carbonyl (C=O) groups is 1. The van der Waals surface area contributed by atoms with Crippen LogP contribution in [0.2, 0.25) is 0 Å². The van der Waals surface area contributed by atoms with Gasteiger partial charge in [-0.1, -0.05) is 30.3 Å². The van der Waals surface area contributed by atoms with E-state index >= 15 is 0 Å². The van der Waals surface area contributed by atoms with Crippen molar-refractivity contribution in [3.05, 3.63) is 88.5 Å². The zero-order valence-electron chi connectivity index (χ0n) is 17.1. The number of amides is 1. The van der Waals surface area contributed by atoms with Gasteiger partial charge in [-0.3, -0.25) is 4.79 Å². The lowest BCUT2D eigenvalue weighted by Gasteiger charge is -2.11. The number of aromatic nitrogens is 3. The Morgan fingerprint density at radius 2 is 1.90 bits per heavy atom. The van der Waals surface area contributed by atoms with E-state index in [1.165, 1.54) is 0 Å². The number of fused-ring (bicyclic) bond motifs is 1. The monoisotopic (exact) mass is 398 g/mol. The number of imidazole rings is 1. The molecule has 0 aliphatic rings. The Bertz CT molecular complexity index is 1330. The number of anilines is 1. The van der Waals surface area contributed by atoms with Crippen molar-refractivity contribution in [3.63, 3.8) is 0 Å². The van der Waals surface area contributed by atoms with Gasteiger partial charge in [0.05, 0.1) is 5.52 Å². The predicted molar refractivity (Wildman–Crippen MR) is 121 cm³/mol. The number of carbonyl (C=O) groups excluding carboxylic acids is 1. The molecule has 0 aliphatic carbocycles. The predicted octanol–water partition coefficient (Wildman–Crippen LogP) is 4.83. The van der Waals surface area contributed by atoms with E-state index in [1.54, 1.807) is 22.9 Å². The van der Waals surface area contributed by atoms with E-state index < -0.39 is 0 Å². The summed E-state index contributed by atoms with van der Waals surface area (Å²) in [6.07, 6.45) is 3.62. The van der Waals surface area contributed by atoms with E-state index in [9.17, 15) is 9.59 Å². The Hall–Kier alpha value is -3.93. The third-order valence-electron chi connectivity index (χ3n) is 5.14. The molecule has 0 radical (unpaired) electrons. The SMILES string of the molecule is C/C=C(/C)n1c(=O)[nH]c2cc(-c3cc(NC(=O)c4ccccc4)ccc3C)cnc21. The molecule has 0 spiro atoms. The van der Waals surface area contributed by atoms with Crippen LogP contribution in [0.25, 0.3) is 28.0 Å². The molecule has 2 aromatic heterocycles. The van der Waals surface area contributed by atoms with Gasteiger partial charge < -0.3 is 10.3 Å². The van der Waals surface area contributed by atoms with E-state index in [1.807, 2.05) is 69.3 Å². The molecule has 0 fully saturated rings. The summed E-state index contributed by atoms with van der Waals surface area (Å²) in [4.78, 5) is 32.2. The number of H-pyrrole nitrogens is 1. The Labute approximate surface area is 173 Å². The summed E-state index contributed by atoms with van der Waals surface area (Å²) in [6.45, 7) is 5.75. The van der Waals surface area contributed by atoms with Gasteiger partial charge in [0.25, 0.3) is 5.91 Å². The highest BCUT2D eigenvalue weighted by Crippen LogP contribution is 2.28. The fourth-order valence-corrected chi connectivity index (χ4v) is 3.40. The van der Waals surface area contributed by atoms with Gasteiger partial charge in [0.2, 0.25) is 0 Å². The standard InChI is InChI=1S/C24H22N4O2/c1-4-16(3)28-22-21(27-24(28)30)12-18(14-25-22)20-13-19(11-10-15(20)2)26-23(29)17-8-6-5-7-9-17/h4-14H,1-3H3,(H,26,29)(H,27,30)/b16-4-. The second-order valence-corrected chi connectivity index (χ2v) is 7.14. The van der Waals surface area contributed by atoms with Crippen LogP contribution >= 0.6 is 0 Å². The average Bonchev–Trinajstić information content (AvgIpc) is 3.10. The van der Waals surface area contributed by atoms with Gasteiger partial charge in [-0.15, -0.1) is 0 Å². The first-order valence-electron chi connectivity index (χ1n) is 9.69. The Balaban J connectivity index is 1.72. The number of nitrogens with one attached hydrogen (secondary N) is 2. The number of pyridine rings is 1. The third kappa shape index (κ3) is 3.55. The minimum atomic E-state index is -0.217. The number of hydrogen-bond donors (Lipinski definition) is 2. The largest absolute Gasteiger partial charge is 0.332 e. The lowest BCUT2D eigenvalue weighted by atomic mass is 10.0. The summed E-state index contributed by atoms with van der Waals surface area (Å²) in [6, 6.07) is 16.7. The van der Waals surface area contributed by atoms with Crippen LogP contribution in [0.5, 0.6) is 0 Å². The molecule has 4 aromatic rings. The molecule has 4 rings (SSSR count). The van der Waals surface area contributed by atoms with E-state index in [-0.39, 0.29) is 11.6 Å². The van der Waals surface area contributed by atoms with Crippen molar-refractivity contribution in [1.82, 2.24) is 14.5 Å². The van der Waals surface area contributed by atoms with Crippen molar-refractivity contribution in [1.29, 1.82) is 0 Å². The molecule has 0 atom stereocenters. The highest BCUT2D eigenvalue weighted by molar-refractivity contribution is 6.04. The summed E-state index contributed by atoms with van der Waals surface area (Å²) in [7, 11) is 0. The van der Waals surface area contributed by atoms with E-state index in [4.69, 9.17) is 0 Å². The molecule has 0 saturated heterocycles. The molecule has 2 aromatic carbocycles. The molecule has 6 nitrogen and oxygen atoms in total. The van der Waals surface area contributed by atoms with Crippen LogP contribution in [-0.4, -0.2) is 20.4 Å². The van der Waals surface area contributed by atoms with Crippen LogP contribution in [0.3, 0.4) is 0 Å². The summed E-state index contributed by atoms with van der Waals surface area (Å²) in [5.41, 5.74) is 5.98. The smallest absolute Gasteiger partial charge is 0.322 e. The van der Waals surface area contributed by atoms with Crippen LogP contribution in [0, 0.1) is 6.92 Å². The highest BCUT2D eigenvalue weighted by Gasteiger charge is 2.13. The van der Waals surface area contributed by atoms with Crippen molar-refractivity contribution in [2.75, 3.05) is 5.32 Å². The van der Waals surface area contributed by atoms with E-state index in [0.717, 1.165) is 22.4 Å². The normalized spacial score (nSPS) is 11.6. The van der Waals surface area contributed by atoms with Crippen LogP contribution < -0.4 is 11.0 Å². The Kier molecular flexibility index (Phi) is 5.06. The molecule has 2 N–H and O–H groups in total. The fraction of sp³-hybridized carbons (Fsp3) is 0.125. The molecule has 2 heterocycles. The van der Waals surface area contributed by atoms with Crippen molar-refractivity contribution in [2.45, 2.75) is 20.8 Å². The second kappa shape index (κ2) is 7.83. The average molecular weight is 398 g/mol. The minimum Gasteiger partial charge on any atom is -0.322 e. The molecule has 150 valence electrons. The van der Waals surface area contributed by atoms with Gasteiger partial charge in [-0.05, 0) is 62.2 Å². The number of allylic oxidation sites excluding steroid dienone is 2. The maximum absolute atomic E-state index is 12.5. The number of nitrogens with zero attached hydrogens (tertiary/aromatic N) is 2. The van der Waals surface area contributed by atoms with E-state index in [0.29, 0.717) is 22.4 Å². The Morgan fingerprint density at radius 3 is 2.63 bits per heavy atom. The zero-order valence-corrected chi connectivity index (χ0v) is 17.1. The van der Waals surface area contributed by atoms with Crippen LogP contribution in [0.15, 0.2) is 71.7 Å². The van der Waals surface area contributed by atoms with Gasteiger partial charge in [0.1, 0.15) is 0 Å². The first-order chi connectivity index (χ1) is 14.5.